The van der Waals surface area contributed by atoms with Crippen LogP contribution in [-0.4, -0.2) is 12.1 Å². The molecule has 0 aliphatic carbocycles. The summed E-state index contributed by atoms with van der Waals surface area (Å²) in [5, 5.41) is 4.86. The van der Waals surface area contributed by atoms with Crippen molar-refractivity contribution in [1.29, 1.82) is 0 Å². The van der Waals surface area contributed by atoms with Gasteiger partial charge in [0.25, 0.3) is 0 Å². The molecule has 4 nitrogen and oxygen atoms in total. The van der Waals surface area contributed by atoms with Gasteiger partial charge in [-0.3, -0.25) is 4.79 Å². The average molecular weight is 530 g/mol. The lowest BCUT2D eigenvalue weighted by Gasteiger charge is -2.01. The third-order valence-corrected chi connectivity index (χ3v) is 6.06. The van der Waals surface area contributed by atoms with E-state index in [1.165, 1.54) is 4.90 Å². The molecule has 0 aliphatic rings. The first-order valence-electron chi connectivity index (χ1n) is 8.63. The van der Waals surface area contributed by atoms with Gasteiger partial charge in [-0.2, -0.15) is 5.10 Å². The lowest BCUT2D eigenvalue weighted by atomic mass is 10.2. The van der Waals surface area contributed by atoms with Crippen LogP contribution in [0.3, 0.4) is 0 Å². The quantitative estimate of drug-likeness (QED) is 0.226. The molecule has 1 N–H and O–H groups in total. The predicted molar refractivity (Wildman–Crippen MR) is 124 cm³/mol. The molecule has 0 unspecified atom stereocenters. The van der Waals surface area contributed by atoms with Gasteiger partial charge in [0.1, 0.15) is 5.58 Å². The zero-order chi connectivity index (χ0) is 20.2. The minimum atomic E-state index is -0.406. The zero-order valence-corrected chi connectivity index (χ0v) is 18.9. The van der Waals surface area contributed by atoms with Crippen molar-refractivity contribution in [3.05, 3.63) is 93.1 Å². The number of amides is 1. The second-order valence-corrected chi connectivity index (χ2v) is 9.02. The van der Waals surface area contributed by atoms with Crippen molar-refractivity contribution < 1.29 is 9.21 Å². The first kappa shape index (κ1) is 19.9. The van der Waals surface area contributed by atoms with Crippen LogP contribution in [0.4, 0.5) is 0 Å². The Morgan fingerprint density at radius 1 is 0.966 bits per heavy atom. The van der Waals surface area contributed by atoms with Crippen molar-refractivity contribution in [3.63, 3.8) is 0 Å². The number of nitrogens with one attached hydrogen (secondary N) is 1. The van der Waals surface area contributed by atoms with Gasteiger partial charge in [0.05, 0.1) is 10.7 Å². The van der Waals surface area contributed by atoms with E-state index < -0.39 is 5.91 Å². The molecule has 1 heterocycles. The molecule has 0 saturated heterocycles. The molecule has 4 aromatic rings. The second-order valence-electron chi connectivity index (χ2n) is 6.10. The topological polar surface area (TPSA) is 54.6 Å². The van der Waals surface area contributed by atoms with E-state index in [9.17, 15) is 4.79 Å². The van der Waals surface area contributed by atoms with Crippen LogP contribution in [0.15, 0.2) is 101 Å². The summed E-state index contributed by atoms with van der Waals surface area (Å²) in [7, 11) is 0. The highest BCUT2D eigenvalue weighted by Crippen LogP contribution is 2.31. The standard InChI is InChI=1S/C22H14Br2N2O2S/c23-16-10-15-11-20(28-21(15)19(24)12-16)22(27)26-25-13-14-6-8-18(9-7-14)29-17-4-2-1-3-5-17/h1-13H,(H,26,27)/b25-13-. The van der Waals surface area contributed by atoms with Crippen LogP contribution in [0.2, 0.25) is 0 Å². The fraction of sp³-hybridized carbons (Fsp3) is 0. The van der Waals surface area contributed by atoms with Crippen LogP contribution in [-0.2, 0) is 0 Å². The van der Waals surface area contributed by atoms with Gasteiger partial charge in [-0.15, -0.1) is 0 Å². The number of hydrogen-bond donors (Lipinski definition) is 1. The Labute approximate surface area is 188 Å². The van der Waals surface area contributed by atoms with Crippen LogP contribution in [0.1, 0.15) is 16.1 Å². The molecule has 0 fully saturated rings. The second kappa shape index (κ2) is 8.98. The molecule has 29 heavy (non-hydrogen) atoms. The Kier molecular flexibility index (Phi) is 6.18. The lowest BCUT2D eigenvalue weighted by Crippen LogP contribution is -2.16. The monoisotopic (exact) mass is 528 g/mol. The Bertz CT molecular complexity index is 1190. The largest absolute Gasteiger partial charge is 0.450 e. The molecule has 4 rings (SSSR count). The number of nitrogens with zero attached hydrogens (tertiary/aromatic N) is 1. The molecule has 0 radical (unpaired) electrons. The summed E-state index contributed by atoms with van der Waals surface area (Å²) in [6, 6.07) is 23.6. The minimum absolute atomic E-state index is 0.200. The van der Waals surface area contributed by atoms with Crippen LogP contribution in [0.5, 0.6) is 0 Å². The summed E-state index contributed by atoms with van der Waals surface area (Å²) >= 11 is 8.55. The maximum Gasteiger partial charge on any atom is 0.307 e. The molecule has 144 valence electrons. The summed E-state index contributed by atoms with van der Waals surface area (Å²) < 4.78 is 7.31. The molecule has 0 saturated carbocycles. The van der Waals surface area contributed by atoms with E-state index in [4.69, 9.17) is 4.42 Å². The fourth-order valence-electron chi connectivity index (χ4n) is 2.65. The van der Waals surface area contributed by atoms with Crippen molar-refractivity contribution in [2.45, 2.75) is 9.79 Å². The van der Waals surface area contributed by atoms with Gasteiger partial charge in [0.2, 0.25) is 0 Å². The van der Waals surface area contributed by atoms with E-state index in [-0.39, 0.29) is 5.76 Å². The summed E-state index contributed by atoms with van der Waals surface area (Å²) in [5.74, 6) is -0.206. The van der Waals surface area contributed by atoms with Gasteiger partial charge in [-0.1, -0.05) is 58.0 Å². The van der Waals surface area contributed by atoms with Crippen LogP contribution in [0.25, 0.3) is 11.0 Å². The first-order chi connectivity index (χ1) is 14.1. The van der Waals surface area contributed by atoms with Crippen molar-refractivity contribution in [3.8, 4) is 0 Å². The van der Waals surface area contributed by atoms with Crippen molar-refractivity contribution in [1.82, 2.24) is 5.43 Å². The number of halogens is 2. The Hall–Kier alpha value is -2.35. The Morgan fingerprint density at radius 3 is 2.45 bits per heavy atom. The van der Waals surface area contributed by atoms with Gasteiger partial charge in [-0.25, -0.2) is 5.43 Å². The molecule has 0 spiro atoms. The highest BCUT2D eigenvalue weighted by Gasteiger charge is 2.14. The van der Waals surface area contributed by atoms with Gasteiger partial charge in [-0.05, 0) is 64.0 Å². The number of carbonyl (C=O) groups is 1. The zero-order valence-electron chi connectivity index (χ0n) is 14.9. The SMILES string of the molecule is O=C(N/N=C\c1ccc(Sc2ccccc2)cc1)c1cc2cc(Br)cc(Br)c2o1. The average Bonchev–Trinajstić information content (AvgIpc) is 3.15. The van der Waals surface area contributed by atoms with E-state index in [0.717, 1.165) is 24.8 Å². The number of hydrogen-bond acceptors (Lipinski definition) is 4. The molecule has 1 aromatic heterocycles. The molecule has 0 bridgehead atoms. The van der Waals surface area contributed by atoms with Gasteiger partial charge in [0.15, 0.2) is 5.76 Å². The van der Waals surface area contributed by atoms with Gasteiger partial charge < -0.3 is 4.42 Å². The van der Waals surface area contributed by atoms with Crippen LogP contribution < -0.4 is 5.43 Å². The number of furan rings is 1. The molecular weight excluding hydrogens is 516 g/mol. The third kappa shape index (κ3) is 4.98. The summed E-state index contributed by atoms with van der Waals surface area (Å²) in [6.45, 7) is 0. The molecule has 1 amide bonds. The van der Waals surface area contributed by atoms with Crippen molar-refractivity contribution in [2.75, 3.05) is 0 Å². The Balaban J connectivity index is 1.39. The molecule has 7 heteroatoms. The van der Waals surface area contributed by atoms with E-state index in [1.807, 2.05) is 54.6 Å². The fourth-order valence-corrected chi connectivity index (χ4v) is 4.83. The number of fused-ring (bicyclic) bond motifs is 1. The van der Waals surface area contributed by atoms with Gasteiger partial charge >= 0.3 is 5.91 Å². The first-order valence-corrected chi connectivity index (χ1v) is 11.0. The normalized spacial score (nSPS) is 11.2. The number of rotatable bonds is 5. The number of benzene rings is 3. The molecule has 0 atom stereocenters. The Morgan fingerprint density at radius 2 is 1.69 bits per heavy atom. The lowest BCUT2D eigenvalue weighted by molar-refractivity contribution is 0.0929. The van der Waals surface area contributed by atoms with Crippen molar-refractivity contribution >= 4 is 66.7 Å². The highest BCUT2D eigenvalue weighted by atomic mass is 79.9. The van der Waals surface area contributed by atoms with E-state index in [1.54, 1.807) is 24.0 Å². The molecule has 3 aromatic carbocycles. The summed E-state index contributed by atoms with van der Waals surface area (Å²) in [5.41, 5.74) is 4.01. The molecular formula is C22H14Br2N2O2S. The summed E-state index contributed by atoms with van der Waals surface area (Å²) in [4.78, 5) is 14.6. The van der Waals surface area contributed by atoms with Crippen molar-refractivity contribution in [2.24, 2.45) is 5.10 Å². The smallest absolute Gasteiger partial charge is 0.307 e. The predicted octanol–water partition coefficient (Wildman–Crippen LogP) is 6.87. The summed E-state index contributed by atoms with van der Waals surface area (Å²) in [6.07, 6.45) is 1.60. The maximum atomic E-state index is 12.3. The molecule has 0 aliphatic heterocycles. The number of hydrazone groups is 1. The highest BCUT2D eigenvalue weighted by molar-refractivity contribution is 9.11. The third-order valence-electron chi connectivity index (χ3n) is 4.00. The maximum absolute atomic E-state index is 12.3. The van der Waals surface area contributed by atoms with E-state index in [2.05, 4.69) is 54.5 Å². The van der Waals surface area contributed by atoms with Gasteiger partial charge in [0, 0.05) is 19.6 Å². The minimum Gasteiger partial charge on any atom is -0.450 e. The van der Waals surface area contributed by atoms with Crippen LogP contribution in [0, 0.1) is 0 Å². The van der Waals surface area contributed by atoms with Crippen LogP contribution >= 0.6 is 43.6 Å². The number of carbonyl (C=O) groups excluding carboxylic acids is 1. The van der Waals surface area contributed by atoms with E-state index >= 15 is 0 Å². The van der Waals surface area contributed by atoms with E-state index in [0.29, 0.717) is 5.58 Å².